The van der Waals surface area contributed by atoms with Crippen molar-refractivity contribution in [2.45, 2.75) is 19.4 Å². The molecule has 3 rings (SSSR count). The van der Waals surface area contributed by atoms with Crippen molar-refractivity contribution in [3.63, 3.8) is 0 Å². The molecule has 2 heterocycles. The van der Waals surface area contributed by atoms with E-state index in [0.29, 0.717) is 36.0 Å². The molecule has 0 bridgehead atoms. The molecule has 0 saturated carbocycles. The lowest BCUT2D eigenvalue weighted by Gasteiger charge is -2.14. The fourth-order valence-electron chi connectivity index (χ4n) is 2.63. The van der Waals surface area contributed by atoms with E-state index in [2.05, 4.69) is 4.98 Å². The maximum atomic E-state index is 12.3. The van der Waals surface area contributed by atoms with Crippen molar-refractivity contribution >= 4 is 34.8 Å². The molecule has 6 nitrogen and oxygen atoms in total. The Morgan fingerprint density at radius 2 is 2.12 bits per heavy atom. The minimum atomic E-state index is -0.842. The van der Waals surface area contributed by atoms with E-state index in [0.717, 1.165) is 5.01 Å². The number of nitrogens with zero attached hydrogens (tertiary/aromatic N) is 2. The predicted octanol–water partition coefficient (Wildman–Crippen LogP) is 2.85. The molecule has 1 atom stereocenters. The van der Waals surface area contributed by atoms with E-state index in [1.165, 1.54) is 11.3 Å². The lowest BCUT2D eigenvalue weighted by atomic mass is 10.1. The SMILES string of the molecule is O=C(O)[C@H]1CCN(C(=O)Cc2csc(COc3ccc(Cl)cc3)n2)C1. The van der Waals surface area contributed by atoms with Gasteiger partial charge in [0.05, 0.1) is 18.0 Å². The summed E-state index contributed by atoms with van der Waals surface area (Å²) in [6.45, 7) is 1.10. The number of ether oxygens (including phenoxy) is 1. The van der Waals surface area contributed by atoms with Crippen LogP contribution in [0.1, 0.15) is 17.1 Å². The van der Waals surface area contributed by atoms with E-state index in [-0.39, 0.29) is 18.9 Å². The van der Waals surface area contributed by atoms with Crippen molar-refractivity contribution in [2.75, 3.05) is 13.1 Å². The highest BCUT2D eigenvalue weighted by Gasteiger charge is 2.30. The molecule has 0 aliphatic carbocycles. The van der Waals surface area contributed by atoms with E-state index in [9.17, 15) is 9.59 Å². The van der Waals surface area contributed by atoms with E-state index < -0.39 is 11.9 Å². The Kier molecular flexibility index (Phi) is 5.55. The summed E-state index contributed by atoms with van der Waals surface area (Å²) in [5, 5.41) is 12.3. The van der Waals surface area contributed by atoms with Crippen LogP contribution < -0.4 is 4.74 Å². The van der Waals surface area contributed by atoms with Crippen LogP contribution in [0.5, 0.6) is 5.75 Å². The van der Waals surface area contributed by atoms with Crippen molar-refractivity contribution in [1.82, 2.24) is 9.88 Å². The highest BCUT2D eigenvalue weighted by Crippen LogP contribution is 2.20. The van der Waals surface area contributed by atoms with Gasteiger partial charge in [0.1, 0.15) is 17.4 Å². The number of aromatic nitrogens is 1. The number of carboxylic acid groups (broad SMARTS) is 1. The number of carbonyl (C=O) groups is 2. The molecule has 1 aliphatic rings. The van der Waals surface area contributed by atoms with Crippen molar-refractivity contribution in [3.05, 3.63) is 45.4 Å². The third-order valence-electron chi connectivity index (χ3n) is 4.00. The molecule has 132 valence electrons. The molecule has 1 amide bonds. The first kappa shape index (κ1) is 17.7. The van der Waals surface area contributed by atoms with Crippen LogP contribution in [0, 0.1) is 5.92 Å². The Bertz CT molecular complexity index is 762. The zero-order valence-corrected chi connectivity index (χ0v) is 14.9. The molecule has 8 heteroatoms. The molecule has 2 aromatic rings. The molecular formula is C17H17ClN2O4S. The summed E-state index contributed by atoms with van der Waals surface area (Å²) in [5.74, 6) is -0.679. The minimum absolute atomic E-state index is 0.0841. The molecule has 1 fully saturated rings. The van der Waals surface area contributed by atoms with E-state index >= 15 is 0 Å². The number of amides is 1. The van der Waals surface area contributed by atoms with Crippen LogP contribution in [-0.2, 0) is 22.6 Å². The van der Waals surface area contributed by atoms with Gasteiger partial charge in [0.15, 0.2) is 0 Å². The number of benzene rings is 1. The van der Waals surface area contributed by atoms with E-state index in [4.69, 9.17) is 21.4 Å². The smallest absolute Gasteiger partial charge is 0.308 e. The van der Waals surface area contributed by atoms with Gasteiger partial charge >= 0.3 is 5.97 Å². The Balaban J connectivity index is 1.50. The van der Waals surface area contributed by atoms with Crippen LogP contribution >= 0.6 is 22.9 Å². The highest BCUT2D eigenvalue weighted by molar-refractivity contribution is 7.09. The molecule has 1 aromatic carbocycles. The first-order valence-corrected chi connectivity index (χ1v) is 9.09. The fourth-order valence-corrected chi connectivity index (χ4v) is 3.46. The summed E-state index contributed by atoms with van der Waals surface area (Å²) in [4.78, 5) is 29.2. The quantitative estimate of drug-likeness (QED) is 0.833. The second-order valence-corrected chi connectivity index (χ2v) is 7.19. The standard InChI is InChI=1S/C17H17ClN2O4S/c18-12-1-3-14(4-2-12)24-9-15-19-13(10-25-15)7-16(21)20-6-5-11(8-20)17(22)23/h1-4,10-11H,5-9H2,(H,22,23)/t11-/m0/s1. The summed E-state index contributed by atoms with van der Waals surface area (Å²) >= 11 is 7.26. The van der Waals surface area contributed by atoms with Gasteiger partial charge in [-0.15, -0.1) is 11.3 Å². The van der Waals surface area contributed by atoms with Crippen molar-refractivity contribution in [1.29, 1.82) is 0 Å². The topological polar surface area (TPSA) is 79.7 Å². The molecule has 1 aromatic heterocycles. The van der Waals surface area contributed by atoms with E-state index in [1.807, 2.05) is 5.38 Å². The van der Waals surface area contributed by atoms with Gasteiger partial charge in [-0.2, -0.15) is 0 Å². The maximum absolute atomic E-state index is 12.3. The fraction of sp³-hybridized carbons (Fsp3) is 0.353. The average Bonchev–Trinajstić information content (AvgIpc) is 3.24. The molecule has 0 spiro atoms. The third-order valence-corrected chi connectivity index (χ3v) is 5.12. The molecular weight excluding hydrogens is 364 g/mol. The molecule has 1 N–H and O–H groups in total. The first-order chi connectivity index (χ1) is 12.0. The van der Waals surface area contributed by atoms with Crippen LogP contribution in [0.4, 0.5) is 0 Å². The maximum Gasteiger partial charge on any atom is 0.308 e. The van der Waals surface area contributed by atoms with Crippen molar-refractivity contribution in [2.24, 2.45) is 5.92 Å². The number of carbonyl (C=O) groups excluding carboxylic acids is 1. The number of rotatable bonds is 6. The summed E-state index contributed by atoms with van der Waals surface area (Å²) in [6, 6.07) is 7.08. The number of thiazole rings is 1. The molecule has 1 saturated heterocycles. The Morgan fingerprint density at radius 1 is 1.36 bits per heavy atom. The Morgan fingerprint density at radius 3 is 2.80 bits per heavy atom. The van der Waals surface area contributed by atoms with Gasteiger partial charge in [-0.05, 0) is 30.7 Å². The van der Waals surface area contributed by atoms with Gasteiger partial charge in [-0.3, -0.25) is 9.59 Å². The second kappa shape index (κ2) is 7.84. The van der Waals surface area contributed by atoms with Crippen LogP contribution in [-0.4, -0.2) is 40.0 Å². The predicted molar refractivity (Wildman–Crippen MR) is 93.9 cm³/mol. The summed E-state index contributed by atoms with van der Waals surface area (Å²) in [6.07, 6.45) is 0.697. The number of aliphatic carboxylic acids is 1. The highest BCUT2D eigenvalue weighted by atomic mass is 35.5. The van der Waals surface area contributed by atoms with Crippen molar-refractivity contribution < 1.29 is 19.4 Å². The zero-order chi connectivity index (χ0) is 17.8. The third kappa shape index (κ3) is 4.70. The number of likely N-dealkylation sites (tertiary alicyclic amines) is 1. The van der Waals surface area contributed by atoms with Gasteiger partial charge in [0, 0.05) is 23.5 Å². The number of hydrogen-bond donors (Lipinski definition) is 1. The summed E-state index contributed by atoms with van der Waals surface area (Å²) < 4.78 is 5.63. The molecule has 25 heavy (non-hydrogen) atoms. The van der Waals surface area contributed by atoms with Gasteiger partial charge in [-0.1, -0.05) is 11.6 Å². The van der Waals surface area contributed by atoms with Crippen molar-refractivity contribution in [3.8, 4) is 5.75 Å². The molecule has 0 radical (unpaired) electrons. The number of halogens is 1. The zero-order valence-electron chi connectivity index (χ0n) is 13.4. The van der Waals surface area contributed by atoms with Gasteiger partial charge in [-0.25, -0.2) is 4.98 Å². The van der Waals surface area contributed by atoms with Crippen LogP contribution in [0.25, 0.3) is 0 Å². The van der Waals surface area contributed by atoms with Crippen LogP contribution in [0.15, 0.2) is 29.6 Å². The Hall–Kier alpha value is -2.12. The van der Waals surface area contributed by atoms with Crippen LogP contribution in [0.3, 0.4) is 0 Å². The minimum Gasteiger partial charge on any atom is -0.486 e. The summed E-state index contributed by atoms with van der Waals surface area (Å²) in [5.41, 5.74) is 0.684. The van der Waals surface area contributed by atoms with Crippen LogP contribution in [0.2, 0.25) is 5.02 Å². The van der Waals surface area contributed by atoms with Gasteiger partial charge < -0.3 is 14.7 Å². The average molecular weight is 381 g/mol. The summed E-state index contributed by atoms with van der Waals surface area (Å²) in [7, 11) is 0. The molecule has 1 aliphatic heterocycles. The van der Waals surface area contributed by atoms with Gasteiger partial charge in [0.2, 0.25) is 5.91 Å². The number of carboxylic acids is 1. The number of hydrogen-bond acceptors (Lipinski definition) is 5. The molecule has 0 unspecified atom stereocenters. The lowest BCUT2D eigenvalue weighted by molar-refractivity contribution is -0.141. The first-order valence-electron chi connectivity index (χ1n) is 7.83. The second-order valence-electron chi connectivity index (χ2n) is 5.82. The monoisotopic (exact) mass is 380 g/mol. The lowest BCUT2D eigenvalue weighted by Crippen LogP contribution is -2.31. The largest absolute Gasteiger partial charge is 0.486 e. The van der Waals surface area contributed by atoms with E-state index in [1.54, 1.807) is 29.2 Å². The Labute approximate surface area is 154 Å². The normalized spacial score (nSPS) is 16.8. The van der Waals surface area contributed by atoms with Gasteiger partial charge in [0.25, 0.3) is 0 Å².